The third-order valence-electron chi connectivity index (χ3n) is 8.46. The molecule has 0 aliphatic heterocycles. The second-order valence-electron chi connectivity index (χ2n) is 11.1. The molecule has 7 aromatic carbocycles. The summed E-state index contributed by atoms with van der Waals surface area (Å²) in [4.78, 5) is 2.37. The summed E-state index contributed by atoms with van der Waals surface area (Å²) in [6.45, 7) is 2.14. The van der Waals surface area contributed by atoms with Crippen molar-refractivity contribution in [2.45, 2.75) is 6.92 Å². The van der Waals surface area contributed by atoms with Crippen LogP contribution in [0.4, 0.5) is 17.1 Å². The quantitative estimate of drug-likeness (QED) is 0.165. The molecule has 0 aliphatic rings. The molecule has 0 aromatic heterocycles. The van der Waals surface area contributed by atoms with Gasteiger partial charge in [-0.3, -0.25) is 0 Å². The molecule has 1 nitrogen and oxygen atoms in total. The van der Waals surface area contributed by atoms with E-state index in [0.29, 0.717) is 0 Å². The fraction of sp³-hybridized carbons (Fsp3) is 0.0244. The molecule has 43 heavy (non-hydrogen) atoms. The SMILES string of the molecule is Cc1ccc(N(c2cc[c]([Ge]([c]3ccccc3)([c]3ccccc3)[c]3ccccc3)cc2)c2ccc3ccccc3c2)cc1. The molecule has 0 saturated heterocycles. The molecule has 0 amide bonds. The summed E-state index contributed by atoms with van der Waals surface area (Å²) < 4.78 is 5.70. The second kappa shape index (κ2) is 11.8. The summed E-state index contributed by atoms with van der Waals surface area (Å²) in [6.07, 6.45) is 0. The van der Waals surface area contributed by atoms with Gasteiger partial charge in [-0.05, 0) is 0 Å². The van der Waals surface area contributed by atoms with Crippen LogP contribution in [0.2, 0.25) is 0 Å². The van der Waals surface area contributed by atoms with Crippen molar-refractivity contribution in [3.8, 4) is 0 Å². The van der Waals surface area contributed by atoms with E-state index in [9.17, 15) is 0 Å². The predicted octanol–water partition coefficient (Wildman–Crippen LogP) is 8.00. The summed E-state index contributed by atoms with van der Waals surface area (Å²) in [5.74, 6) is 0. The van der Waals surface area contributed by atoms with E-state index in [4.69, 9.17) is 0 Å². The van der Waals surface area contributed by atoms with Gasteiger partial charge in [0.25, 0.3) is 0 Å². The summed E-state index contributed by atoms with van der Waals surface area (Å²) in [6, 6.07) is 67.1. The van der Waals surface area contributed by atoms with Crippen molar-refractivity contribution in [3.63, 3.8) is 0 Å². The maximum atomic E-state index is 2.39. The van der Waals surface area contributed by atoms with Crippen LogP contribution in [0.5, 0.6) is 0 Å². The molecule has 0 radical (unpaired) electrons. The van der Waals surface area contributed by atoms with Gasteiger partial charge >= 0.3 is 258 Å². The standard InChI is InChI=1S/C41H33GeN/c1-32-21-26-39(27-22-32)43(41-28-23-33-13-11-12-14-34(33)31-41)40-29-24-38(25-30-40)42(35-15-5-2-6-16-35,36-17-7-3-8-18-36)37-19-9-4-10-20-37/h2-31H,1H3. The maximum absolute atomic E-state index is 3.32. The van der Waals surface area contributed by atoms with Gasteiger partial charge in [-0.15, -0.1) is 0 Å². The van der Waals surface area contributed by atoms with Crippen LogP contribution in [0.15, 0.2) is 182 Å². The molecule has 0 unspecified atom stereocenters. The van der Waals surface area contributed by atoms with Crippen LogP contribution in [0.1, 0.15) is 5.56 Å². The van der Waals surface area contributed by atoms with Gasteiger partial charge in [-0.1, -0.05) is 0 Å². The van der Waals surface area contributed by atoms with E-state index >= 15 is 0 Å². The van der Waals surface area contributed by atoms with Crippen LogP contribution in [-0.4, -0.2) is 13.3 Å². The van der Waals surface area contributed by atoms with E-state index in [0.717, 1.165) is 17.1 Å². The minimum absolute atomic E-state index is 1.15. The number of nitrogens with zero attached hydrogens (tertiary/aromatic N) is 1. The number of hydrogen-bond donors (Lipinski definition) is 0. The molecule has 206 valence electrons. The van der Waals surface area contributed by atoms with Gasteiger partial charge in [0.05, 0.1) is 0 Å². The molecule has 0 bridgehead atoms. The molecule has 0 aliphatic carbocycles. The summed E-state index contributed by atoms with van der Waals surface area (Å²) in [7, 11) is 0. The second-order valence-corrected chi connectivity index (χ2v) is 19.1. The van der Waals surface area contributed by atoms with Crippen molar-refractivity contribution in [1.82, 2.24) is 0 Å². The molecule has 2 heteroatoms. The molecule has 0 fully saturated rings. The van der Waals surface area contributed by atoms with Crippen LogP contribution < -0.4 is 22.5 Å². The van der Waals surface area contributed by atoms with Crippen molar-refractivity contribution in [3.05, 3.63) is 188 Å². The van der Waals surface area contributed by atoms with E-state index in [-0.39, 0.29) is 0 Å². The Morgan fingerprint density at radius 3 is 1.26 bits per heavy atom. The number of benzene rings is 7. The van der Waals surface area contributed by atoms with Crippen LogP contribution in [-0.2, 0) is 0 Å². The zero-order chi connectivity index (χ0) is 29.1. The molecule has 0 atom stereocenters. The average molecular weight is 612 g/mol. The zero-order valence-electron chi connectivity index (χ0n) is 24.3. The summed E-state index contributed by atoms with van der Waals surface area (Å²) in [5.41, 5.74) is 4.70. The van der Waals surface area contributed by atoms with Crippen molar-refractivity contribution < 1.29 is 0 Å². The van der Waals surface area contributed by atoms with E-state index in [1.807, 2.05) is 0 Å². The Labute approximate surface area is 257 Å². The third-order valence-corrected chi connectivity index (χ3v) is 18.5. The molecule has 0 heterocycles. The van der Waals surface area contributed by atoms with E-state index < -0.39 is 13.3 Å². The van der Waals surface area contributed by atoms with Gasteiger partial charge in [0.2, 0.25) is 0 Å². The van der Waals surface area contributed by atoms with Crippen LogP contribution >= 0.6 is 0 Å². The van der Waals surface area contributed by atoms with E-state index in [2.05, 4.69) is 194 Å². The molecular weight excluding hydrogens is 579 g/mol. The van der Waals surface area contributed by atoms with Crippen molar-refractivity contribution in [1.29, 1.82) is 0 Å². The van der Waals surface area contributed by atoms with Gasteiger partial charge in [0.15, 0.2) is 0 Å². The van der Waals surface area contributed by atoms with E-state index in [1.54, 1.807) is 0 Å². The average Bonchev–Trinajstić information content (AvgIpc) is 3.08. The molecule has 0 saturated carbocycles. The normalized spacial score (nSPS) is 11.4. The molecule has 0 N–H and O–H groups in total. The Balaban J connectivity index is 1.43. The first-order valence-corrected chi connectivity index (χ1v) is 19.1. The zero-order valence-corrected chi connectivity index (χ0v) is 26.4. The van der Waals surface area contributed by atoms with Gasteiger partial charge < -0.3 is 0 Å². The van der Waals surface area contributed by atoms with Gasteiger partial charge in [0.1, 0.15) is 0 Å². The van der Waals surface area contributed by atoms with Gasteiger partial charge in [-0.25, -0.2) is 0 Å². The fourth-order valence-electron chi connectivity index (χ4n) is 6.38. The van der Waals surface area contributed by atoms with Crippen LogP contribution in [0, 0.1) is 6.92 Å². The number of aryl methyl sites for hydroxylation is 1. The van der Waals surface area contributed by atoms with Crippen molar-refractivity contribution in [2.75, 3.05) is 4.90 Å². The van der Waals surface area contributed by atoms with Gasteiger partial charge in [-0.2, -0.15) is 0 Å². The molecular formula is C41H33GeN. The van der Waals surface area contributed by atoms with Gasteiger partial charge in [0, 0.05) is 0 Å². The monoisotopic (exact) mass is 613 g/mol. The number of rotatable bonds is 7. The Kier molecular flexibility index (Phi) is 7.41. The van der Waals surface area contributed by atoms with E-state index in [1.165, 1.54) is 33.9 Å². The fourth-order valence-corrected chi connectivity index (χ4v) is 16.3. The molecule has 0 spiro atoms. The Morgan fingerprint density at radius 1 is 0.349 bits per heavy atom. The summed E-state index contributed by atoms with van der Waals surface area (Å²) >= 11 is -3.32. The predicted molar refractivity (Wildman–Crippen MR) is 187 cm³/mol. The van der Waals surface area contributed by atoms with Crippen LogP contribution in [0.25, 0.3) is 10.8 Å². The Morgan fingerprint density at radius 2 is 0.744 bits per heavy atom. The van der Waals surface area contributed by atoms with Crippen LogP contribution in [0.3, 0.4) is 0 Å². The Hall–Kier alpha value is -4.86. The number of anilines is 3. The topological polar surface area (TPSA) is 3.24 Å². The molecule has 7 rings (SSSR count). The Bertz CT molecular complexity index is 1850. The van der Waals surface area contributed by atoms with Crippen molar-refractivity contribution in [2.24, 2.45) is 0 Å². The van der Waals surface area contributed by atoms with Crippen molar-refractivity contribution >= 4 is 58.7 Å². The number of fused-ring (bicyclic) bond motifs is 1. The first-order valence-electron chi connectivity index (χ1n) is 14.9. The first-order chi connectivity index (χ1) is 21.2. The first kappa shape index (κ1) is 27.0. The number of hydrogen-bond acceptors (Lipinski definition) is 1. The summed E-state index contributed by atoms with van der Waals surface area (Å²) in [5, 5.41) is 2.48. The minimum atomic E-state index is -3.32. The third kappa shape index (κ3) is 5.07. The molecule has 7 aromatic rings.